The molecule has 3 aromatic rings. The van der Waals surface area contributed by atoms with Crippen molar-refractivity contribution in [3.05, 3.63) is 57.7 Å². The molecule has 2 aromatic carbocycles. The van der Waals surface area contributed by atoms with E-state index in [1.165, 1.54) is 28.6 Å². The van der Waals surface area contributed by atoms with Gasteiger partial charge in [-0.3, -0.25) is 14.2 Å². The zero-order valence-corrected chi connectivity index (χ0v) is 18.4. The van der Waals surface area contributed by atoms with Gasteiger partial charge in [-0.2, -0.15) is 4.31 Å². The van der Waals surface area contributed by atoms with Gasteiger partial charge >= 0.3 is 4.87 Å². The zero-order chi connectivity index (χ0) is 21.5. The highest BCUT2D eigenvalue weighted by atomic mass is 32.2. The predicted molar refractivity (Wildman–Crippen MR) is 119 cm³/mol. The Balaban J connectivity index is 1.53. The van der Waals surface area contributed by atoms with Crippen LogP contribution in [0.2, 0.25) is 0 Å². The summed E-state index contributed by atoms with van der Waals surface area (Å²) in [6.07, 6.45) is 1.75. The van der Waals surface area contributed by atoms with Gasteiger partial charge in [0.25, 0.3) is 5.91 Å². The standard InChI is InChI=1S/C21H23N3O4S2/c1-14(2)24-18-10-7-16(13-19(18)29-21(24)26)22-20(25)15-5-8-17(9-6-15)30(27,28)23-11-3-4-12-23/h5-10,13-14H,3-4,11-12H2,1-2H3,(H,22,25). The number of aromatic nitrogens is 1. The Kier molecular flexibility index (Phi) is 5.52. The lowest BCUT2D eigenvalue weighted by molar-refractivity contribution is 0.102. The van der Waals surface area contributed by atoms with Gasteiger partial charge in [0.15, 0.2) is 0 Å². The fourth-order valence-corrected chi connectivity index (χ4v) is 6.23. The Bertz CT molecular complexity index is 1250. The Morgan fingerprint density at radius 3 is 2.37 bits per heavy atom. The van der Waals surface area contributed by atoms with E-state index in [4.69, 9.17) is 0 Å². The summed E-state index contributed by atoms with van der Waals surface area (Å²) in [7, 11) is -3.50. The van der Waals surface area contributed by atoms with E-state index in [9.17, 15) is 18.0 Å². The van der Waals surface area contributed by atoms with Gasteiger partial charge in [0.2, 0.25) is 10.0 Å². The molecule has 30 heavy (non-hydrogen) atoms. The fraction of sp³-hybridized carbons (Fsp3) is 0.333. The van der Waals surface area contributed by atoms with E-state index in [-0.39, 0.29) is 21.7 Å². The number of anilines is 1. The second-order valence-electron chi connectivity index (χ2n) is 7.60. The molecular weight excluding hydrogens is 422 g/mol. The third-order valence-electron chi connectivity index (χ3n) is 5.21. The van der Waals surface area contributed by atoms with Crippen LogP contribution in [0.4, 0.5) is 5.69 Å². The molecule has 0 radical (unpaired) electrons. The van der Waals surface area contributed by atoms with Crippen molar-refractivity contribution in [2.75, 3.05) is 18.4 Å². The number of hydrogen-bond acceptors (Lipinski definition) is 5. The molecule has 0 saturated carbocycles. The molecule has 158 valence electrons. The van der Waals surface area contributed by atoms with Gasteiger partial charge < -0.3 is 5.32 Å². The van der Waals surface area contributed by atoms with E-state index in [2.05, 4.69) is 5.32 Å². The zero-order valence-electron chi connectivity index (χ0n) is 16.8. The van der Waals surface area contributed by atoms with Crippen molar-refractivity contribution in [3.8, 4) is 0 Å². The molecule has 0 bridgehead atoms. The monoisotopic (exact) mass is 445 g/mol. The molecule has 1 aromatic heterocycles. The summed E-state index contributed by atoms with van der Waals surface area (Å²) in [5.41, 5.74) is 1.79. The summed E-state index contributed by atoms with van der Waals surface area (Å²) < 4.78 is 29.2. The van der Waals surface area contributed by atoms with Gasteiger partial charge in [-0.15, -0.1) is 0 Å². The van der Waals surface area contributed by atoms with E-state index >= 15 is 0 Å². The van der Waals surface area contributed by atoms with Crippen molar-refractivity contribution >= 4 is 43.2 Å². The number of carbonyl (C=O) groups excluding carboxylic acids is 1. The molecule has 0 spiro atoms. The Morgan fingerprint density at radius 2 is 1.73 bits per heavy atom. The van der Waals surface area contributed by atoms with Crippen LogP contribution in [0.1, 0.15) is 43.1 Å². The Labute approximate surface area is 179 Å². The number of fused-ring (bicyclic) bond motifs is 1. The third-order valence-corrected chi connectivity index (χ3v) is 8.04. The maximum absolute atomic E-state index is 12.6. The molecule has 1 fully saturated rings. The van der Waals surface area contributed by atoms with Crippen LogP contribution >= 0.6 is 11.3 Å². The average Bonchev–Trinajstić information content (AvgIpc) is 3.35. The highest BCUT2D eigenvalue weighted by Gasteiger charge is 2.27. The number of rotatable bonds is 5. The average molecular weight is 446 g/mol. The number of sulfonamides is 1. The molecule has 0 unspecified atom stereocenters. The first-order valence-electron chi connectivity index (χ1n) is 9.84. The number of thiazole rings is 1. The van der Waals surface area contributed by atoms with Crippen molar-refractivity contribution in [1.29, 1.82) is 0 Å². The molecule has 7 nitrogen and oxygen atoms in total. The van der Waals surface area contributed by atoms with Crippen molar-refractivity contribution in [2.45, 2.75) is 37.6 Å². The summed E-state index contributed by atoms with van der Waals surface area (Å²) in [4.78, 5) is 25.0. The van der Waals surface area contributed by atoms with Crippen LogP contribution in [0.25, 0.3) is 10.2 Å². The first-order valence-corrected chi connectivity index (χ1v) is 12.1. The van der Waals surface area contributed by atoms with Gasteiger partial charge in [0.1, 0.15) is 0 Å². The Hall–Kier alpha value is -2.49. The molecule has 0 aliphatic carbocycles. The molecule has 9 heteroatoms. The van der Waals surface area contributed by atoms with Crippen molar-refractivity contribution in [2.24, 2.45) is 0 Å². The normalized spacial score (nSPS) is 15.2. The minimum Gasteiger partial charge on any atom is -0.322 e. The van der Waals surface area contributed by atoms with E-state index in [1.807, 2.05) is 19.9 Å². The number of nitrogens with one attached hydrogen (secondary N) is 1. The van der Waals surface area contributed by atoms with Gasteiger partial charge in [-0.25, -0.2) is 8.42 Å². The topological polar surface area (TPSA) is 88.5 Å². The van der Waals surface area contributed by atoms with Gasteiger partial charge in [0, 0.05) is 30.4 Å². The molecule has 0 atom stereocenters. The van der Waals surface area contributed by atoms with Gasteiger partial charge in [-0.1, -0.05) is 11.3 Å². The van der Waals surface area contributed by atoms with E-state index in [0.29, 0.717) is 24.3 Å². The first-order chi connectivity index (χ1) is 14.3. The van der Waals surface area contributed by atoms with Gasteiger partial charge in [0.05, 0.1) is 15.1 Å². The van der Waals surface area contributed by atoms with E-state index < -0.39 is 10.0 Å². The number of carbonyl (C=O) groups is 1. The second kappa shape index (κ2) is 7.98. The quantitative estimate of drug-likeness (QED) is 0.649. The van der Waals surface area contributed by atoms with Crippen LogP contribution in [0, 0.1) is 0 Å². The highest BCUT2D eigenvalue weighted by Crippen LogP contribution is 2.25. The first kappa shape index (κ1) is 20.8. The summed E-state index contributed by atoms with van der Waals surface area (Å²) in [6.45, 7) is 4.99. The third kappa shape index (κ3) is 3.80. The van der Waals surface area contributed by atoms with Crippen molar-refractivity contribution < 1.29 is 13.2 Å². The van der Waals surface area contributed by atoms with Crippen LogP contribution in [0.3, 0.4) is 0 Å². The summed E-state index contributed by atoms with van der Waals surface area (Å²) in [6, 6.07) is 11.4. The smallest absolute Gasteiger partial charge is 0.308 e. The molecule has 1 amide bonds. The maximum atomic E-state index is 12.6. The van der Waals surface area contributed by atoms with Crippen LogP contribution < -0.4 is 10.2 Å². The largest absolute Gasteiger partial charge is 0.322 e. The number of nitrogens with zero attached hydrogens (tertiary/aromatic N) is 2. The summed E-state index contributed by atoms with van der Waals surface area (Å²) in [5, 5.41) is 2.82. The van der Waals surface area contributed by atoms with Crippen molar-refractivity contribution in [1.82, 2.24) is 8.87 Å². The molecule has 2 heterocycles. The van der Waals surface area contributed by atoms with Crippen LogP contribution in [0.15, 0.2) is 52.2 Å². The molecule has 1 aliphatic rings. The molecule has 1 saturated heterocycles. The number of benzene rings is 2. The van der Waals surface area contributed by atoms with Crippen molar-refractivity contribution in [3.63, 3.8) is 0 Å². The van der Waals surface area contributed by atoms with Gasteiger partial charge in [-0.05, 0) is 69.2 Å². The minimum atomic E-state index is -3.50. The van der Waals surface area contributed by atoms with Crippen LogP contribution in [-0.4, -0.2) is 36.3 Å². The highest BCUT2D eigenvalue weighted by molar-refractivity contribution is 7.89. The number of amides is 1. The molecule has 4 rings (SSSR count). The lowest BCUT2D eigenvalue weighted by atomic mass is 10.2. The lowest BCUT2D eigenvalue weighted by Gasteiger charge is -2.15. The molecular formula is C21H23N3O4S2. The fourth-order valence-electron chi connectivity index (χ4n) is 3.66. The SMILES string of the molecule is CC(C)n1c(=O)sc2cc(NC(=O)c3ccc(S(=O)(=O)N4CCCC4)cc3)ccc21. The summed E-state index contributed by atoms with van der Waals surface area (Å²) in [5.74, 6) is -0.338. The van der Waals surface area contributed by atoms with E-state index in [0.717, 1.165) is 34.4 Å². The number of hydrogen-bond donors (Lipinski definition) is 1. The molecule has 1 aliphatic heterocycles. The second-order valence-corrected chi connectivity index (χ2v) is 10.5. The minimum absolute atomic E-state index is 0.0294. The molecule has 1 N–H and O–H groups in total. The predicted octanol–water partition coefficient (Wildman–Crippen LogP) is 3.68. The maximum Gasteiger partial charge on any atom is 0.308 e. The Morgan fingerprint density at radius 1 is 1.07 bits per heavy atom. The van der Waals surface area contributed by atoms with E-state index in [1.54, 1.807) is 16.7 Å². The van der Waals surface area contributed by atoms with Crippen LogP contribution in [0.5, 0.6) is 0 Å². The lowest BCUT2D eigenvalue weighted by Crippen LogP contribution is -2.27. The van der Waals surface area contributed by atoms with Crippen LogP contribution in [-0.2, 0) is 10.0 Å². The summed E-state index contributed by atoms with van der Waals surface area (Å²) >= 11 is 1.15.